The van der Waals surface area contributed by atoms with E-state index in [9.17, 15) is 18.0 Å². The van der Waals surface area contributed by atoms with Crippen LogP contribution in [0.2, 0.25) is 0 Å². The van der Waals surface area contributed by atoms with E-state index < -0.39 is 17.8 Å². The predicted octanol–water partition coefficient (Wildman–Crippen LogP) is 3.84. The van der Waals surface area contributed by atoms with Gasteiger partial charge in [0.15, 0.2) is 5.69 Å². The smallest absolute Gasteiger partial charge is 0.433 e. The van der Waals surface area contributed by atoms with Crippen molar-refractivity contribution in [2.75, 3.05) is 13.7 Å². The monoisotopic (exact) mass is 406 g/mol. The molecule has 1 aromatic carbocycles. The van der Waals surface area contributed by atoms with Gasteiger partial charge < -0.3 is 9.47 Å². The van der Waals surface area contributed by atoms with Crippen LogP contribution in [0.4, 0.5) is 13.2 Å². The van der Waals surface area contributed by atoms with Crippen LogP contribution in [0.3, 0.4) is 0 Å². The Balaban J connectivity index is 2.13. The van der Waals surface area contributed by atoms with Crippen LogP contribution in [-0.2, 0) is 10.9 Å². The van der Waals surface area contributed by atoms with Crippen molar-refractivity contribution in [1.82, 2.24) is 19.7 Å². The molecule has 0 aliphatic heterocycles. The maximum absolute atomic E-state index is 13.4. The molecule has 152 valence electrons. The van der Waals surface area contributed by atoms with E-state index in [1.807, 2.05) is 0 Å². The Morgan fingerprint density at radius 2 is 1.86 bits per heavy atom. The summed E-state index contributed by atoms with van der Waals surface area (Å²) in [5, 5.41) is 3.98. The van der Waals surface area contributed by atoms with E-state index in [0.717, 1.165) is 10.7 Å². The van der Waals surface area contributed by atoms with Crippen LogP contribution >= 0.6 is 0 Å². The fourth-order valence-electron chi connectivity index (χ4n) is 2.60. The Morgan fingerprint density at radius 3 is 2.45 bits per heavy atom. The van der Waals surface area contributed by atoms with E-state index in [0.29, 0.717) is 11.3 Å². The molecule has 2 heterocycles. The van der Waals surface area contributed by atoms with Crippen LogP contribution in [0.25, 0.3) is 17.2 Å². The quantitative estimate of drug-likeness (QED) is 0.599. The molecule has 29 heavy (non-hydrogen) atoms. The molecule has 0 saturated carbocycles. The normalized spacial score (nSPS) is 11.4. The van der Waals surface area contributed by atoms with Crippen molar-refractivity contribution < 1.29 is 27.4 Å². The lowest BCUT2D eigenvalue weighted by Gasteiger charge is -2.12. The number of rotatable bonds is 5. The Morgan fingerprint density at radius 1 is 1.17 bits per heavy atom. The first-order valence-corrected chi connectivity index (χ1v) is 8.57. The molecule has 0 amide bonds. The Kier molecular flexibility index (Phi) is 5.53. The summed E-state index contributed by atoms with van der Waals surface area (Å²) in [5.74, 6) is -0.377. The summed E-state index contributed by atoms with van der Waals surface area (Å²) in [5.41, 5.74) is -0.240. The molecule has 0 fully saturated rings. The van der Waals surface area contributed by atoms with E-state index in [1.54, 1.807) is 31.2 Å². The van der Waals surface area contributed by atoms with Crippen molar-refractivity contribution in [2.45, 2.75) is 20.0 Å². The van der Waals surface area contributed by atoms with Crippen LogP contribution in [0.1, 0.15) is 28.7 Å². The van der Waals surface area contributed by atoms with Gasteiger partial charge in [0.05, 0.1) is 31.3 Å². The van der Waals surface area contributed by atoms with E-state index in [4.69, 9.17) is 9.47 Å². The maximum Gasteiger partial charge on any atom is 0.433 e. The van der Waals surface area contributed by atoms with Gasteiger partial charge in [-0.1, -0.05) is 0 Å². The third kappa shape index (κ3) is 4.20. The highest BCUT2D eigenvalue weighted by Gasteiger charge is 2.34. The Hall–Kier alpha value is -3.43. The summed E-state index contributed by atoms with van der Waals surface area (Å²) in [7, 11) is 1.49. The second-order valence-corrected chi connectivity index (χ2v) is 5.94. The molecular formula is C19H17F3N4O3. The topological polar surface area (TPSA) is 79.1 Å². The number of hydrogen-bond acceptors (Lipinski definition) is 6. The van der Waals surface area contributed by atoms with Gasteiger partial charge in [-0.2, -0.15) is 18.3 Å². The van der Waals surface area contributed by atoms with Crippen LogP contribution in [0.5, 0.6) is 5.75 Å². The van der Waals surface area contributed by atoms with E-state index in [1.165, 1.54) is 20.2 Å². The van der Waals surface area contributed by atoms with E-state index >= 15 is 0 Å². The molecule has 2 aromatic heterocycles. The fourth-order valence-corrected chi connectivity index (χ4v) is 2.60. The van der Waals surface area contributed by atoms with Gasteiger partial charge in [-0.15, -0.1) is 0 Å². The number of nitrogens with zero attached hydrogens (tertiary/aromatic N) is 4. The molecule has 0 aliphatic rings. The summed E-state index contributed by atoms with van der Waals surface area (Å²) in [6.45, 7) is 3.33. The molecule has 10 heteroatoms. The minimum Gasteiger partial charge on any atom is -0.497 e. The first kappa shape index (κ1) is 20.3. The fraction of sp³-hybridized carbons (Fsp3) is 0.263. The van der Waals surface area contributed by atoms with Gasteiger partial charge in [0.2, 0.25) is 0 Å². The molecule has 0 N–H and O–H groups in total. The van der Waals surface area contributed by atoms with Gasteiger partial charge >= 0.3 is 12.1 Å². The summed E-state index contributed by atoms with van der Waals surface area (Å²) >= 11 is 0. The van der Waals surface area contributed by atoms with Crippen molar-refractivity contribution in [3.8, 4) is 23.0 Å². The zero-order chi connectivity index (χ0) is 21.2. The second-order valence-electron chi connectivity index (χ2n) is 5.94. The van der Waals surface area contributed by atoms with Gasteiger partial charge in [0.1, 0.15) is 11.3 Å². The number of ether oxygens (including phenoxy) is 2. The number of carbonyl (C=O) groups is 1. The molecule has 0 spiro atoms. The molecule has 3 aromatic rings. The van der Waals surface area contributed by atoms with E-state index in [-0.39, 0.29) is 29.5 Å². The summed E-state index contributed by atoms with van der Waals surface area (Å²) < 4.78 is 51.3. The minimum absolute atomic E-state index is 0.0533. The lowest BCUT2D eigenvalue weighted by atomic mass is 10.1. The number of methoxy groups -OCH3 is 1. The minimum atomic E-state index is -4.69. The SMILES string of the molecule is CCOC(=O)c1cnn(-c2nc(-c3ccc(OC)cc3)cc(C(F)(F)F)n2)c1C. The number of alkyl halides is 3. The molecule has 0 aliphatic carbocycles. The highest BCUT2D eigenvalue weighted by Crippen LogP contribution is 2.31. The maximum atomic E-state index is 13.4. The Labute approximate surface area is 164 Å². The Bertz CT molecular complexity index is 1030. The predicted molar refractivity (Wildman–Crippen MR) is 96.8 cm³/mol. The zero-order valence-corrected chi connectivity index (χ0v) is 15.8. The molecule has 0 radical (unpaired) electrons. The molecule has 0 atom stereocenters. The first-order chi connectivity index (χ1) is 13.7. The molecule has 0 saturated heterocycles. The average molecular weight is 406 g/mol. The molecule has 7 nitrogen and oxygen atoms in total. The van der Waals surface area contributed by atoms with Gasteiger partial charge in [0, 0.05) is 5.56 Å². The number of carbonyl (C=O) groups excluding carboxylic acids is 1. The highest BCUT2D eigenvalue weighted by atomic mass is 19.4. The number of benzene rings is 1. The van der Waals surface area contributed by atoms with Crippen LogP contribution in [0, 0.1) is 6.92 Å². The molecule has 0 unspecified atom stereocenters. The average Bonchev–Trinajstić information content (AvgIpc) is 3.08. The molecular weight excluding hydrogens is 389 g/mol. The summed E-state index contributed by atoms with van der Waals surface area (Å²) in [6, 6.07) is 7.26. The summed E-state index contributed by atoms with van der Waals surface area (Å²) in [4.78, 5) is 19.8. The third-order valence-electron chi connectivity index (χ3n) is 4.09. The van der Waals surface area contributed by atoms with E-state index in [2.05, 4.69) is 15.1 Å². The number of aromatic nitrogens is 4. The van der Waals surface area contributed by atoms with Gasteiger partial charge in [-0.3, -0.25) is 0 Å². The first-order valence-electron chi connectivity index (χ1n) is 8.57. The lowest BCUT2D eigenvalue weighted by Crippen LogP contribution is -2.14. The van der Waals surface area contributed by atoms with Crippen molar-refractivity contribution in [3.05, 3.63) is 53.5 Å². The van der Waals surface area contributed by atoms with Gasteiger partial charge in [-0.25, -0.2) is 19.4 Å². The van der Waals surface area contributed by atoms with Crippen LogP contribution in [0.15, 0.2) is 36.5 Å². The molecule has 3 rings (SSSR count). The van der Waals surface area contributed by atoms with Crippen LogP contribution < -0.4 is 4.74 Å². The number of esters is 1. The standard InChI is InChI=1S/C19H17F3N4O3/c1-4-29-17(27)14-10-23-26(11(14)2)18-24-15(9-16(25-18)19(20,21)22)12-5-7-13(28-3)8-6-12/h5-10H,4H2,1-3H3. The zero-order valence-electron chi connectivity index (χ0n) is 15.8. The van der Waals surface area contributed by atoms with Crippen molar-refractivity contribution in [3.63, 3.8) is 0 Å². The number of halogens is 3. The highest BCUT2D eigenvalue weighted by molar-refractivity contribution is 5.90. The molecule has 0 bridgehead atoms. The number of hydrogen-bond donors (Lipinski definition) is 0. The van der Waals surface area contributed by atoms with Crippen molar-refractivity contribution >= 4 is 5.97 Å². The largest absolute Gasteiger partial charge is 0.497 e. The lowest BCUT2D eigenvalue weighted by molar-refractivity contribution is -0.141. The third-order valence-corrected chi connectivity index (χ3v) is 4.09. The summed E-state index contributed by atoms with van der Waals surface area (Å²) in [6.07, 6.45) is -3.48. The van der Waals surface area contributed by atoms with Crippen molar-refractivity contribution in [1.29, 1.82) is 0 Å². The van der Waals surface area contributed by atoms with Crippen molar-refractivity contribution in [2.24, 2.45) is 0 Å². The van der Waals surface area contributed by atoms with Crippen LogP contribution in [-0.4, -0.2) is 39.4 Å². The second kappa shape index (κ2) is 7.90. The van der Waals surface area contributed by atoms with Gasteiger partial charge in [-0.05, 0) is 44.2 Å². The van der Waals surface area contributed by atoms with Gasteiger partial charge in [0.25, 0.3) is 5.95 Å².